The maximum Gasteiger partial charge on any atom is 0.241 e. The number of methoxy groups -OCH3 is 2. The van der Waals surface area contributed by atoms with Gasteiger partial charge in [0.1, 0.15) is 34.5 Å². The number of anilines is 1. The Morgan fingerprint density at radius 3 is 2.45 bits per heavy atom. The van der Waals surface area contributed by atoms with Crippen molar-refractivity contribution in [3.63, 3.8) is 0 Å². The number of nitrogens with zero attached hydrogens (tertiary/aromatic N) is 7. The fourth-order valence-electron chi connectivity index (χ4n) is 3.97. The Balaban J connectivity index is 0.00000462. The molecule has 40 heavy (non-hydrogen) atoms. The van der Waals surface area contributed by atoms with Gasteiger partial charge in [0.15, 0.2) is 11.6 Å². The predicted octanol–water partition coefficient (Wildman–Crippen LogP) is 3.79. The number of amidine groups is 1. The fraction of sp³-hybridized carbons (Fsp3) is 0.308. The average Bonchev–Trinajstić information content (AvgIpc) is 3.31. The van der Waals surface area contributed by atoms with Crippen LogP contribution >= 0.6 is 0 Å². The molecule has 0 aliphatic heterocycles. The Labute approximate surface area is 233 Å². The van der Waals surface area contributed by atoms with Gasteiger partial charge in [-0.1, -0.05) is 12.1 Å². The zero-order valence-corrected chi connectivity index (χ0v) is 23.6. The van der Waals surface area contributed by atoms with Crippen molar-refractivity contribution in [1.29, 1.82) is 0 Å². The Kier molecular flexibility index (Phi) is 8.89. The molecule has 0 atom stereocenters. The van der Waals surface area contributed by atoms with Gasteiger partial charge in [0, 0.05) is 26.3 Å². The highest BCUT2D eigenvalue weighted by atomic mass is 32.2. The number of imidazole rings is 1. The van der Waals surface area contributed by atoms with Crippen molar-refractivity contribution in [2.75, 3.05) is 37.8 Å². The van der Waals surface area contributed by atoms with Crippen LogP contribution in [0.3, 0.4) is 0 Å². The molecule has 0 fully saturated rings. The molecular formula is C26H32N8O5S. The van der Waals surface area contributed by atoms with Crippen LogP contribution in [0, 0.1) is 0 Å². The van der Waals surface area contributed by atoms with Crippen LogP contribution in [0.15, 0.2) is 52.4 Å². The molecule has 0 saturated carbocycles. The lowest BCUT2D eigenvalue weighted by molar-refractivity contribution is 0.327. The number of para-hydroxylation sites is 1. The van der Waals surface area contributed by atoms with Crippen LogP contribution in [0.25, 0.3) is 28.4 Å². The molecular weight excluding hydrogens is 536 g/mol. The zero-order valence-electron chi connectivity index (χ0n) is 22.8. The van der Waals surface area contributed by atoms with Crippen LogP contribution < -0.4 is 18.9 Å². The lowest BCUT2D eigenvalue weighted by Crippen LogP contribution is -2.23. The molecule has 0 amide bonds. The van der Waals surface area contributed by atoms with Gasteiger partial charge in [0.25, 0.3) is 0 Å². The van der Waals surface area contributed by atoms with Gasteiger partial charge < -0.3 is 14.2 Å². The number of sulfonamides is 1. The second-order valence-corrected chi connectivity index (χ2v) is 9.88. The van der Waals surface area contributed by atoms with Crippen LogP contribution in [0.1, 0.15) is 22.2 Å². The highest BCUT2D eigenvalue weighted by Gasteiger charge is 2.24. The lowest BCUT2D eigenvalue weighted by atomic mass is 10.2. The van der Waals surface area contributed by atoms with Crippen LogP contribution in [0.4, 0.5) is 5.82 Å². The van der Waals surface area contributed by atoms with E-state index >= 15 is 0 Å². The highest BCUT2D eigenvalue weighted by molar-refractivity contribution is 7.93. The normalized spacial score (nSPS) is 12.2. The van der Waals surface area contributed by atoms with Gasteiger partial charge in [-0.2, -0.15) is 0 Å². The molecule has 1 N–H and O–H groups in total. The first kappa shape index (κ1) is 28.4. The molecule has 212 valence electrons. The van der Waals surface area contributed by atoms with Crippen molar-refractivity contribution in [3.8, 4) is 34.6 Å². The summed E-state index contributed by atoms with van der Waals surface area (Å²) in [5, 5.41) is 8.27. The summed E-state index contributed by atoms with van der Waals surface area (Å²) in [5.74, 6) is 1.52. The van der Waals surface area contributed by atoms with Crippen molar-refractivity contribution in [2.45, 2.75) is 20.8 Å². The van der Waals surface area contributed by atoms with E-state index in [2.05, 4.69) is 29.9 Å². The number of fused-ring (bicyclic) bond motifs is 1. The summed E-state index contributed by atoms with van der Waals surface area (Å²) in [4.78, 5) is 17.5. The van der Waals surface area contributed by atoms with E-state index in [1.165, 1.54) is 12.3 Å². The van der Waals surface area contributed by atoms with Gasteiger partial charge in [-0.3, -0.25) is 14.3 Å². The Morgan fingerprint density at radius 2 is 1.80 bits per heavy atom. The van der Waals surface area contributed by atoms with E-state index in [4.69, 9.17) is 19.2 Å². The third kappa shape index (κ3) is 6.17. The number of aliphatic imine (C=N–C) groups is 2. The van der Waals surface area contributed by atoms with Gasteiger partial charge >= 0.3 is 0 Å². The SMILES string of the molecule is CC=NC(CS(=O)(=O)Nc1cc2c(nn1)nc(-c1cccc(OCC)n1)n2-c1c(OC)cccc1OC)=NCC.[HH]. The minimum atomic E-state index is -3.91. The van der Waals surface area contributed by atoms with Crippen molar-refractivity contribution in [3.05, 3.63) is 42.5 Å². The van der Waals surface area contributed by atoms with Gasteiger partial charge in [0.2, 0.25) is 21.6 Å². The van der Waals surface area contributed by atoms with Crippen LogP contribution in [-0.2, 0) is 10.0 Å². The van der Waals surface area contributed by atoms with Gasteiger partial charge in [-0.05, 0) is 39.0 Å². The van der Waals surface area contributed by atoms with E-state index in [0.717, 1.165) is 0 Å². The highest BCUT2D eigenvalue weighted by Crippen LogP contribution is 2.38. The molecule has 14 heteroatoms. The quantitative estimate of drug-likeness (QED) is 0.210. The molecule has 4 rings (SSSR count). The third-order valence-electron chi connectivity index (χ3n) is 5.49. The van der Waals surface area contributed by atoms with Crippen molar-refractivity contribution in [2.24, 2.45) is 9.98 Å². The summed E-state index contributed by atoms with van der Waals surface area (Å²) in [7, 11) is -0.832. The number of benzene rings is 1. The number of hydrogen-bond donors (Lipinski definition) is 1. The van der Waals surface area contributed by atoms with E-state index in [9.17, 15) is 8.42 Å². The molecule has 3 heterocycles. The molecule has 0 spiro atoms. The first-order chi connectivity index (χ1) is 19.3. The maximum absolute atomic E-state index is 13.0. The number of aromatic nitrogens is 5. The van der Waals surface area contributed by atoms with Crippen molar-refractivity contribution < 1.29 is 24.1 Å². The average molecular weight is 569 g/mol. The summed E-state index contributed by atoms with van der Waals surface area (Å²) >= 11 is 0. The fourth-order valence-corrected chi connectivity index (χ4v) is 4.97. The number of pyridine rings is 1. The smallest absolute Gasteiger partial charge is 0.241 e. The minimum absolute atomic E-state index is 0. The maximum atomic E-state index is 13.0. The lowest BCUT2D eigenvalue weighted by Gasteiger charge is -2.17. The standard InChI is InChI=1S/C26H30N8O5S.H2/c1-6-27-22(28-7-2)16-40(35,36)33-21-15-18-25(32-31-21)30-26(17-11-9-14-23(29-17)39-8-3)34(18)24-19(37-4)12-10-13-20(24)38-5;/h6,9-15H,7-8,16H2,1-5H3,(H,31,33);1H. The first-order valence-electron chi connectivity index (χ1n) is 12.4. The molecule has 0 aliphatic rings. The Hall–Kier alpha value is -4.59. The van der Waals surface area contributed by atoms with Crippen LogP contribution in [0.5, 0.6) is 17.4 Å². The number of ether oxygens (including phenoxy) is 3. The molecule has 1 aromatic carbocycles. The molecule has 0 aliphatic carbocycles. The summed E-state index contributed by atoms with van der Waals surface area (Å²) < 4.78 is 47.1. The Bertz CT molecular complexity index is 1650. The predicted molar refractivity (Wildman–Crippen MR) is 156 cm³/mol. The number of rotatable bonds is 11. The van der Waals surface area contributed by atoms with Crippen LogP contribution in [-0.4, -0.2) is 78.3 Å². The largest absolute Gasteiger partial charge is 0.494 e. The van der Waals surface area contributed by atoms with Gasteiger partial charge in [-0.15, -0.1) is 10.2 Å². The molecule has 0 saturated heterocycles. The van der Waals surface area contributed by atoms with E-state index in [0.29, 0.717) is 53.3 Å². The van der Waals surface area contributed by atoms with Crippen LogP contribution in [0.2, 0.25) is 0 Å². The summed E-state index contributed by atoms with van der Waals surface area (Å²) in [6.45, 7) is 6.20. The second kappa shape index (κ2) is 12.5. The van der Waals surface area contributed by atoms with E-state index < -0.39 is 15.8 Å². The number of hydrogen-bond acceptors (Lipinski definition) is 10. The van der Waals surface area contributed by atoms with Crippen molar-refractivity contribution >= 4 is 39.1 Å². The molecule has 13 nitrogen and oxygen atoms in total. The summed E-state index contributed by atoms with van der Waals surface area (Å²) in [6.07, 6.45) is 1.49. The molecule has 0 unspecified atom stereocenters. The summed E-state index contributed by atoms with van der Waals surface area (Å²) in [5.41, 5.74) is 1.68. The summed E-state index contributed by atoms with van der Waals surface area (Å²) in [6, 6.07) is 12.2. The monoisotopic (exact) mass is 568 g/mol. The first-order valence-corrected chi connectivity index (χ1v) is 14.1. The van der Waals surface area contributed by atoms with Gasteiger partial charge in [0.05, 0.1) is 26.3 Å². The molecule has 3 aromatic heterocycles. The third-order valence-corrected chi connectivity index (χ3v) is 6.65. The number of nitrogens with one attached hydrogen (secondary N) is 1. The van der Waals surface area contributed by atoms with Crippen molar-refractivity contribution in [1.82, 2.24) is 24.7 Å². The minimum Gasteiger partial charge on any atom is -0.494 e. The second-order valence-electron chi connectivity index (χ2n) is 8.15. The van der Waals surface area contributed by atoms with E-state index in [-0.39, 0.29) is 18.7 Å². The topological polar surface area (TPSA) is 155 Å². The van der Waals surface area contributed by atoms with E-state index in [1.807, 2.05) is 6.92 Å². The molecule has 0 radical (unpaired) electrons. The van der Waals surface area contributed by atoms with E-state index in [1.54, 1.807) is 69.0 Å². The molecule has 0 bridgehead atoms. The Morgan fingerprint density at radius 1 is 1.07 bits per heavy atom. The van der Waals surface area contributed by atoms with Gasteiger partial charge in [-0.25, -0.2) is 23.4 Å². The molecule has 4 aromatic rings. The zero-order chi connectivity index (χ0) is 28.7.